The maximum absolute atomic E-state index is 8.42. The normalized spacial score (nSPS) is 12.3. The van der Waals surface area contributed by atoms with Crippen LogP contribution < -0.4 is 5.73 Å². The molecule has 90 valence electrons. The molecule has 0 fully saturated rings. The summed E-state index contributed by atoms with van der Waals surface area (Å²) in [5.41, 5.74) is 5.42. The van der Waals surface area contributed by atoms with Crippen molar-refractivity contribution in [2.24, 2.45) is 10.9 Å². The Morgan fingerprint density at radius 2 is 2.20 bits per heavy atom. The molecular formula is C9H21N3O2S. The van der Waals surface area contributed by atoms with Gasteiger partial charge in [-0.2, -0.15) is 11.8 Å². The van der Waals surface area contributed by atoms with Gasteiger partial charge in [-0.05, 0) is 6.26 Å². The topological polar surface area (TPSA) is 71.1 Å². The minimum absolute atomic E-state index is 0.279. The maximum atomic E-state index is 8.42. The second-order valence-electron chi connectivity index (χ2n) is 3.17. The summed E-state index contributed by atoms with van der Waals surface area (Å²) in [5.74, 6) is 1.36. The van der Waals surface area contributed by atoms with Crippen molar-refractivity contribution in [3.05, 3.63) is 0 Å². The molecule has 6 heteroatoms. The van der Waals surface area contributed by atoms with E-state index in [1.165, 1.54) is 0 Å². The first-order chi connectivity index (χ1) is 7.24. The van der Waals surface area contributed by atoms with Gasteiger partial charge >= 0.3 is 0 Å². The van der Waals surface area contributed by atoms with E-state index in [0.717, 1.165) is 25.4 Å². The predicted octanol–water partition coefficient (Wildman–Crippen LogP) is 0.434. The molecule has 0 rings (SSSR count). The summed E-state index contributed by atoms with van der Waals surface area (Å²) < 4.78 is 5.03. The first-order valence-corrected chi connectivity index (χ1v) is 6.30. The summed E-state index contributed by atoms with van der Waals surface area (Å²) in [4.78, 5) is 2.25. The Morgan fingerprint density at radius 1 is 1.47 bits per heavy atom. The van der Waals surface area contributed by atoms with Crippen LogP contribution in [-0.2, 0) is 4.74 Å². The SMILES string of the molecule is COCCN(CCSC)CCC(N)=NO. The van der Waals surface area contributed by atoms with E-state index in [2.05, 4.69) is 16.3 Å². The molecule has 15 heavy (non-hydrogen) atoms. The number of amidine groups is 1. The van der Waals surface area contributed by atoms with Crippen molar-refractivity contribution in [2.75, 3.05) is 45.4 Å². The summed E-state index contributed by atoms with van der Waals surface area (Å²) in [6.45, 7) is 3.41. The molecular weight excluding hydrogens is 214 g/mol. The van der Waals surface area contributed by atoms with E-state index in [1.807, 2.05) is 11.8 Å². The lowest BCUT2D eigenvalue weighted by Crippen LogP contribution is -2.33. The zero-order chi connectivity index (χ0) is 11.5. The molecule has 0 aromatic carbocycles. The Labute approximate surface area is 95.6 Å². The van der Waals surface area contributed by atoms with Gasteiger partial charge in [-0.3, -0.25) is 4.90 Å². The standard InChI is InChI=1S/C9H21N3O2S/c1-14-7-5-12(6-8-15-2)4-3-9(10)11-13/h13H,3-8H2,1-2H3,(H2,10,11). The van der Waals surface area contributed by atoms with Gasteiger partial charge in [-0.15, -0.1) is 0 Å². The number of thioether (sulfide) groups is 1. The van der Waals surface area contributed by atoms with Gasteiger partial charge in [0, 0.05) is 38.9 Å². The van der Waals surface area contributed by atoms with E-state index in [1.54, 1.807) is 7.11 Å². The number of hydrogen-bond donors (Lipinski definition) is 2. The van der Waals surface area contributed by atoms with Crippen LogP contribution in [0.4, 0.5) is 0 Å². The molecule has 0 unspecified atom stereocenters. The zero-order valence-electron chi connectivity index (χ0n) is 9.48. The molecule has 0 bridgehead atoms. The van der Waals surface area contributed by atoms with Crippen LogP contribution in [0, 0.1) is 0 Å². The minimum Gasteiger partial charge on any atom is -0.409 e. The van der Waals surface area contributed by atoms with E-state index in [-0.39, 0.29) is 5.84 Å². The van der Waals surface area contributed by atoms with Gasteiger partial charge in [0.1, 0.15) is 5.84 Å². The molecule has 0 saturated heterocycles. The average Bonchev–Trinajstić information content (AvgIpc) is 2.27. The quantitative estimate of drug-likeness (QED) is 0.262. The molecule has 0 saturated carbocycles. The molecule has 0 amide bonds. The van der Waals surface area contributed by atoms with Gasteiger partial charge in [0.25, 0.3) is 0 Å². The average molecular weight is 235 g/mol. The number of oxime groups is 1. The van der Waals surface area contributed by atoms with Gasteiger partial charge in [0.15, 0.2) is 0 Å². The van der Waals surface area contributed by atoms with E-state index in [4.69, 9.17) is 15.7 Å². The fraction of sp³-hybridized carbons (Fsp3) is 0.889. The van der Waals surface area contributed by atoms with Crippen molar-refractivity contribution in [1.82, 2.24) is 4.90 Å². The van der Waals surface area contributed by atoms with Crippen molar-refractivity contribution in [2.45, 2.75) is 6.42 Å². The molecule has 0 spiro atoms. The van der Waals surface area contributed by atoms with E-state index in [0.29, 0.717) is 13.0 Å². The minimum atomic E-state index is 0.279. The lowest BCUT2D eigenvalue weighted by Gasteiger charge is -2.20. The summed E-state index contributed by atoms with van der Waals surface area (Å²) >= 11 is 1.81. The first kappa shape index (κ1) is 14.5. The number of ether oxygens (including phenoxy) is 1. The van der Waals surface area contributed by atoms with Crippen LogP contribution in [-0.4, -0.2) is 61.3 Å². The maximum Gasteiger partial charge on any atom is 0.140 e. The Morgan fingerprint density at radius 3 is 2.73 bits per heavy atom. The van der Waals surface area contributed by atoms with E-state index in [9.17, 15) is 0 Å². The molecule has 0 aromatic rings. The largest absolute Gasteiger partial charge is 0.409 e. The van der Waals surface area contributed by atoms with Crippen LogP contribution >= 0.6 is 11.8 Å². The third kappa shape index (κ3) is 8.53. The van der Waals surface area contributed by atoms with Gasteiger partial charge in [-0.25, -0.2) is 0 Å². The van der Waals surface area contributed by atoms with Gasteiger partial charge in [0.05, 0.1) is 6.61 Å². The molecule has 0 aliphatic carbocycles. The summed E-state index contributed by atoms with van der Waals surface area (Å²) in [6.07, 6.45) is 2.67. The van der Waals surface area contributed by atoms with E-state index < -0.39 is 0 Å². The van der Waals surface area contributed by atoms with Gasteiger partial charge in [0.2, 0.25) is 0 Å². The van der Waals surface area contributed by atoms with Crippen LogP contribution in [0.5, 0.6) is 0 Å². The third-order valence-corrected chi connectivity index (χ3v) is 2.63. The number of nitrogens with two attached hydrogens (primary N) is 1. The van der Waals surface area contributed by atoms with Crippen LogP contribution in [0.1, 0.15) is 6.42 Å². The number of rotatable bonds is 9. The molecule has 3 N–H and O–H groups in total. The highest BCUT2D eigenvalue weighted by Gasteiger charge is 2.05. The second kappa shape index (κ2) is 10.1. The summed E-state index contributed by atoms with van der Waals surface area (Å²) in [6, 6.07) is 0. The monoisotopic (exact) mass is 235 g/mol. The smallest absolute Gasteiger partial charge is 0.140 e. The van der Waals surface area contributed by atoms with Crippen LogP contribution in [0.15, 0.2) is 5.16 Å². The highest BCUT2D eigenvalue weighted by molar-refractivity contribution is 7.98. The number of hydrogen-bond acceptors (Lipinski definition) is 5. The van der Waals surface area contributed by atoms with Crippen LogP contribution in [0.3, 0.4) is 0 Å². The lowest BCUT2D eigenvalue weighted by atomic mass is 10.3. The molecule has 0 radical (unpaired) electrons. The molecule has 0 aliphatic heterocycles. The van der Waals surface area contributed by atoms with Crippen LogP contribution in [0.25, 0.3) is 0 Å². The lowest BCUT2D eigenvalue weighted by molar-refractivity contribution is 0.153. The van der Waals surface area contributed by atoms with Crippen molar-refractivity contribution >= 4 is 17.6 Å². The highest BCUT2D eigenvalue weighted by Crippen LogP contribution is 1.97. The van der Waals surface area contributed by atoms with Gasteiger partial charge < -0.3 is 15.7 Å². The Bertz CT molecular complexity index is 171. The fourth-order valence-electron chi connectivity index (χ4n) is 1.10. The molecule has 0 aliphatic rings. The first-order valence-electron chi connectivity index (χ1n) is 4.91. The number of methoxy groups -OCH3 is 1. The fourth-order valence-corrected chi connectivity index (χ4v) is 1.54. The van der Waals surface area contributed by atoms with E-state index >= 15 is 0 Å². The van der Waals surface area contributed by atoms with Gasteiger partial charge in [-0.1, -0.05) is 5.16 Å². The van der Waals surface area contributed by atoms with Crippen molar-refractivity contribution in [1.29, 1.82) is 0 Å². The summed E-state index contributed by atoms with van der Waals surface area (Å²) in [5, 5.41) is 11.4. The second-order valence-corrected chi connectivity index (χ2v) is 4.15. The Balaban J connectivity index is 3.78. The zero-order valence-corrected chi connectivity index (χ0v) is 10.3. The molecule has 5 nitrogen and oxygen atoms in total. The molecule has 0 heterocycles. The third-order valence-electron chi connectivity index (χ3n) is 2.04. The highest BCUT2D eigenvalue weighted by atomic mass is 32.2. The van der Waals surface area contributed by atoms with Crippen molar-refractivity contribution < 1.29 is 9.94 Å². The summed E-state index contributed by atoms with van der Waals surface area (Å²) in [7, 11) is 1.69. The Kier molecular flexibility index (Phi) is 9.76. The van der Waals surface area contributed by atoms with Crippen molar-refractivity contribution in [3.8, 4) is 0 Å². The number of nitrogens with zero attached hydrogens (tertiary/aromatic N) is 2. The predicted molar refractivity (Wildman–Crippen MR) is 64.7 cm³/mol. The Hall–Kier alpha value is -0.460. The molecule has 0 atom stereocenters. The molecule has 0 aromatic heterocycles. The van der Waals surface area contributed by atoms with Crippen molar-refractivity contribution in [3.63, 3.8) is 0 Å². The van der Waals surface area contributed by atoms with Crippen LogP contribution in [0.2, 0.25) is 0 Å².